The molecule has 0 bridgehead atoms. The number of sulfonamides is 1. The number of methoxy groups -OCH3 is 2. The second-order valence-electron chi connectivity index (χ2n) is 8.21. The summed E-state index contributed by atoms with van der Waals surface area (Å²) in [6, 6.07) is 11.0. The summed E-state index contributed by atoms with van der Waals surface area (Å²) in [6.07, 6.45) is 2.68. The van der Waals surface area contributed by atoms with Gasteiger partial charge in [-0.2, -0.15) is 18.4 Å². The van der Waals surface area contributed by atoms with E-state index in [1.54, 1.807) is 31.2 Å². The van der Waals surface area contributed by atoms with Gasteiger partial charge >= 0.3 is 5.97 Å². The van der Waals surface area contributed by atoms with Gasteiger partial charge in [-0.25, -0.2) is 0 Å². The number of hydrogen-bond donors (Lipinski definition) is 3. The molecule has 0 aliphatic heterocycles. The maximum atomic E-state index is 12.7. The van der Waals surface area contributed by atoms with E-state index in [9.17, 15) is 23.1 Å². The highest BCUT2D eigenvalue weighted by molar-refractivity contribution is 7.89. The van der Waals surface area contributed by atoms with Crippen molar-refractivity contribution in [1.82, 2.24) is 4.83 Å². The predicted molar refractivity (Wildman–Crippen MR) is 130 cm³/mol. The van der Waals surface area contributed by atoms with Crippen molar-refractivity contribution >= 4 is 33.3 Å². The van der Waals surface area contributed by atoms with Gasteiger partial charge in [0.2, 0.25) is 5.91 Å². The third kappa shape index (κ3) is 6.30. The van der Waals surface area contributed by atoms with Gasteiger partial charge in [0.05, 0.1) is 31.8 Å². The average molecular weight is 504 g/mol. The Labute approximate surface area is 204 Å². The maximum absolute atomic E-state index is 12.7. The molecule has 35 heavy (non-hydrogen) atoms. The molecular weight excluding hydrogens is 474 g/mol. The third-order valence-corrected chi connectivity index (χ3v) is 7.23. The van der Waals surface area contributed by atoms with Crippen LogP contribution in [0.5, 0.6) is 11.5 Å². The van der Waals surface area contributed by atoms with Gasteiger partial charge in [0.15, 0.2) is 0 Å². The summed E-state index contributed by atoms with van der Waals surface area (Å²) in [4.78, 5) is 26.2. The van der Waals surface area contributed by atoms with Crippen molar-refractivity contribution in [3.05, 3.63) is 48.0 Å². The molecule has 0 heterocycles. The zero-order valence-electron chi connectivity index (χ0n) is 19.8. The monoisotopic (exact) mass is 503 g/mol. The van der Waals surface area contributed by atoms with Crippen LogP contribution in [0, 0.1) is 11.8 Å². The number of ether oxygens (including phenoxy) is 2. The van der Waals surface area contributed by atoms with Crippen molar-refractivity contribution < 1.29 is 32.6 Å². The first-order valence-electron chi connectivity index (χ1n) is 11.1. The maximum Gasteiger partial charge on any atom is 0.307 e. The number of nitrogens with one attached hydrogen (secondary N) is 2. The van der Waals surface area contributed by atoms with Crippen LogP contribution in [0.15, 0.2) is 52.5 Å². The van der Waals surface area contributed by atoms with Crippen molar-refractivity contribution in [1.29, 1.82) is 0 Å². The second-order valence-corrected chi connectivity index (χ2v) is 9.84. The first-order valence-corrected chi connectivity index (χ1v) is 12.6. The Morgan fingerprint density at radius 3 is 2.26 bits per heavy atom. The van der Waals surface area contributed by atoms with E-state index in [1.165, 1.54) is 32.4 Å². The van der Waals surface area contributed by atoms with Gasteiger partial charge in [0.25, 0.3) is 10.0 Å². The van der Waals surface area contributed by atoms with Gasteiger partial charge in [-0.1, -0.05) is 25.0 Å². The van der Waals surface area contributed by atoms with E-state index in [0.717, 1.165) is 12.8 Å². The van der Waals surface area contributed by atoms with Crippen LogP contribution < -0.4 is 19.6 Å². The van der Waals surface area contributed by atoms with E-state index in [0.29, 0.717) is 35.6 Å². The highest BCUT2D eigenvalue weighted by Gasteiger charge is 2.35. The molecule has 2 atom stereocenters. The summed E-state index contributed by atoms with van der Waals surface area (Å²) < 4.78 is 35.7. The summed E-state index contributed by atoms with van der Waals surface area (Å²) in [6.45, 7) is 1.64. The normalized spacial score (nSPS) is 18.4. The number of aliphatic carboxylic acids is 1. The van der Waals surface area contributed by atoms with Crippen LogP contribution in [-0.2, 0) is 19.6 Å². The average Bonchev–Trinajstić information content (AvgIpc) is 2.87. The lowest BCUT2D eigenvalue weighted by Gasteiger charge is -2.27. The van der Waals surface area contributed by atoms with Crippen LogP contribution in [0.1, 0.15) is 38.2 Å². The number of benzene rings is 2. The van der Waals surface area contributed by atoms with Crippen LogP contribution in [-0.4, -0.2) is 45.3 Å². The topological polar surface area (TPSA) is 143 Å². The number of carboxylic acid groups (broad SMARTS) is 1. The number of anilines is 1. The number of carboxylic acids is 1. The van der Waals surface area contributed by atoms with E-state index in [2.05, 4.69) is 15.2 Å². The smallest absolute Gasteiger partial charge is 0.307 e. The SMILES string of the molecule is COc1ccc(S(=O)(=O)N/N=C(\C)c2ccc(NC(=O)[C@H]3CCCC[C@H]3C(=O)O)cc2)c(OC)c1. The van der Waals surface area contributed by atoms with Gasteiger partial charge in [0.1, 0.15) is 16.4 Å². The molecule has 1 amide bonds. The first kappa shape index (κ1) is 26.0. The Balaban J connectivity index is 1.68. The van der Waals surface area contributed by atoms with Gasteiger partial charge in [-0.3, -0.25) is 9.59 Å². The molecule has 1 aliphatic rings. The molecule has 0 spiro atoms. The van der Waals surface area contributed by atoms with Crippen LogP contribution in [0.25, 0.3) is 0 Å². The van der Waals surface area contributed by atoms with Crippen molar-refractivity contribution in [2.45, 2.75) is 37.5 Å². The van der Waals surface area contributed by atoms with E-state index in [1.807, 2.05) is 0 Å². The molecule has 1 fully saturated rings. The van der Waals surface area contributed by atoms with Crippen molar-refractivity contribution in [3.63, 3.8) is 0 Å². The zero-order chi connectivity index (χ0) is 25.6. The van der Waals surface area contributed by atoms with Crippen molar-refractivity contribution in [2.75, 3.05) is 19.5 Å². The Morgan fingerprint density at radius 1 is 1.00 bits per heavy atom. The molecule has 0 unspecified atom stereocenters. The molecule has 0 radical (unpaired) electrons. The van der Waals surface area contributed by atoms with Gasteiger partial charge in [0, 0.05) is 11.8 Å². The fourth-order valence-electron chi connectivity index (χ4n) is 4.01. The minimum absolute atomic E-state index is 0.0854. The van der Waals surface area contributed by atoms with Crippen molar-refractivity contribution in [2.24, 2.45) is 16.9 Å². The summed E-state index contributed by atoms with van der Waals surface area (Å²) in [5.41, 5.74) is 1.55. The molecule has 188 valence electrons. The fraction of sp³-hybridized carbons (Fsp3) is 0.375. The predicted octanol–water partition coefficient (Wildman–Crippen LogP) is 3.24. The lowest BCUT2D eigenvalue weighted by Crippen LogP contribution is -2.36. The second kappa shape index (κ2) is 11.2. The quantitative estimate of drug-likeness (QED) is 0.352. The molecule has 11 heteroatoms. The number of nitrogens with zero attached hydrogens (tertiary/aromatic N) is 1. The van der Waals surface area contributed by atoms with E-state index in [-0.39, 0.29) is 16.6 Å². The van der Waals surface area contributed by atoms with Crippen LogP contribution in [0.2, 0.25) is 0 Å². The summed E-state index contributed by atoms with van der Waals surface area (Å²) in [5.74, 6) is -1.91. The molecule has 3 rings (SSSR count). The number of rotatable bonds is 9. The third-order valence-electron chi connectivity index (χ3n) is 5.98. The molecule has 10 nitrogen and oxygen atoms in total. The summed E-state index contributed by atoms with van der Waals surface area (Å²) in [5, 5.41) is 16.2. The lowest BCUT2D eigenvalue weighted by atomic mass is 9.78. The Bertz CT molecular complexity index is 1210. The summed E-state index contributed by atoms with van der Waals surface area (Å²) >= 11 is 0. The van der Waals surface area contributed by atoms with Crippen LogP contribution >= 0.6 is 0 Å². The molecule has 0 aromatic heterocycles. The summed E-state index contributed by atoms with van der Waals surface area (Å²) in [7, 11) is -1.18. The van der Waals surface area contributed by atoms with E-state index in [4.69, 9.17) is 9.47 Å². The zero-order valence-corrected chi connectivity index (χ0v) is 20.6. The molecule has 2 aromatic rings. The number of hydrazone groups is 1. The minimum Gasteiger partial charge on any atom is -0.497 e. The van der Waals surface area contributed by atoms with E-state index < -0.39 is 27.8 Å². The molecular formula is C24H29N3O7S. The number of amides is 1. The van der Waals surface area contributed by atoms with Gasteiger partial charge < -0.3 is 19.9 Å². The molecule has 0 saturated heterocycles. The van der Waals surface area contributed by atoms with Gasteiger partial charge in [-0.05, 0) is 49.6 Å². The Morgan fingerprint density at radius 2 is 1.66 bits per heavy atom. The largest absolute Gasteiger partial charge is 0.497 e. The lowest BCUT2D eigenvalue weighted by molar-refractivity contribution is -0.147. The molecule has 3 N–H and O–H groups in total. The Kier molecular flexibility index (Phi) is 8.34. The van der Waals surface area contributed by atoms with Gasteiger partial charge in [-0.15, -0.1) is 0 Å². The highest BCUT2D eigenvalue weighted by Crippen LogP contribution is 2.31. The standard InChI is InChI=1S/C24H29N3O7S/c1-15(26-27-35(31,32)22-13-12-18(33-2)14-21(22)34-3)16-8-10-17(11-9-16)25-23(28)19-6-4-5-7-20(19)24(29)30/h8-14,19-20,27H,4-7H2,1-3H3,(H,25,28)(H,29,30)/b26-15+/t19-,20+/m0/s1. The first-order chi connectivity index (χ1) is 16.7. The number of hydrogen-bond acceptors (Lipinski definition) is 7. The number of carbonyl (C=O) groups excluding carboxylic acids is 1. The van der Waals surface area contributed by atoms with E-state index >= 15 is 0 Å². The molecule has 2 aromatic carbocycles. The van der Waals surface area contributed by atoms with Crippen LogP contribution in [0.3, 0.4) is 0 Å². The molecule has 1 aliphatic carbocycles. The fourth-order valence-corrected chi connectivity index (χ4v) is 5.02. The van der Waals surface area contributed by atoms with Crippen LogP contribution in [0.4, 0.5) is 5.69 Å². The van der Waals surface area contributed by atoms with Crippen molar-refractivity contribution in [3.8, 4) is 11.5 Å². The number of carbonyl (C=O) groups is 2. The minimum atomic E-state index is -4.00. The Hall–Kier alpha value is -3.60. The highest BCUT2D eigenvalue weighted by atomic mass is 32.2. The molecule has 1 saturated carbocycles.